The molecule has 0 N–H and O–H groups in total. The molecule has 4 rings (SSSR count). The summed E-state index contributed by atoms with van der Waals surface area (Å²) in [6.45, 7) is 3.77. The van der Waals surface area contributed by atoms with E-state index in [1.54, 1.807) is 7.11 Å². The molecule has 134 valence electrons. The molecule has 1 aromatic heterocycles. The monoisotopic (exact) mass is 349 g/mol. The molecule has 0 saturated carbocycles. The van der Waals surface area contributed by atoms with Crippen molar-refractivity contribution in [3.8, 4) is 17.1 Å². The molecule has 26 heavy (non-hydrogen) atoms. The number of ether oxygens (including phenoxy) is 1. The molecule has 1 saturated heterocycles. The molecular formula is C21H23N3O2. The van der Waals surface area contributed by atoms with Crippen LogP contribution in [0.3, 0.4) is 0 Å². The van der Waals surface area contributed by atoms with Gasteiger partial charge in [-0.25, -0.2) is 0 Å². The van der Waals surface area contributed by atoms with Gasteiger partial charge in [-0.05, 0) is 44.0 Å². The van der Waals surface area contributed by atoms with Gasteiger partial charge in [0, 0.05) is 11.6 Å². The predicted molar refractivity (Wildman–Crippen MR) is 99.9 cm³/mol. The van der Waals surface area contributed by atoms with Crippen molar-refractivity contribution in [1.29, 1.82) is 0 Å². The zero-order valence-electron chi connectivity index (χ0n) is 15.2. The van der Waals surface area contributed by atoms with Gasteiger partial charge in [0.1, 0.15) is 5.75 Å². The summed E-state index contributed by atoms with van der Waals surface area (Å²) >= 11 is 0. The van der Waals surface area contributed by atoms with Gasteiger partial charge in [-0.2, -0.15) is 4.98 Å². The molecular weight excluding hydrogens is 326 g/mol. The van der Waals surface area contributed by atoms with Gasteiger partial charge in [0.25, 0.3) is 0 Å². The summed E-state index contributed by atoms with van der Waals surface area (Å²) in [6, 6.07) is 16.8. The number of hydrogen-bond donors (Lipinski definition) is 0. The third-order valence-electron chi connectivity index (χ3n) is 4.96. The smallest absolute Gasteiger partial charge is 0.241 e. The Morgan fingerprint density at radius 1 is 1.19 bits per heavy atom. The summed E-state index contributed by atoms with van der Waals surface area (Å²) in [7, 11) is 1.70. The van der Waals surface area contributed by atoms with Gasteiger partial charge in [-0.15, -0.1) is 0 Å². The van der Waals surface area contributed by atoms with Crippen LogP contribution in [-0.4, -0.2) is 28.7 Å². The molecule has 0 spiro atoms. The van der Waals surface area contributed by atoms with Crippen LogP contribution >= 0.6 is 0 Å². The second-order valence-corrected chi connectivity index (χ2v) is 6.78. The van der Waals surface area contributed by atoms with Crippen LogP contribution in [-0.2, 0) is 6.54 Å². The van der Waals surface area contributed by atoms with E-state index >= 15 is 0 Å². The molecule has 0 radical (unpaired) electrons. The summed E-state index contributed by atoms with van der Waals surface area (Å²) in [6.07, 6.45) is 2.30. The van der Waals surface area contributed by atoms with Crippen molar-refractivity contribution < 1.29 is 9.26 Å². The van der Waals surface area contributed by atoms with Crippen LogP contribution in [0, 0.1) is 6.92 Å². The Labute approximate surface area is 153 Å². The minimum Gasteiger partial charge on any atom is -0.497 e. The van der Waals surface area contributed by atoms with E-state index in [1.807, 2.05) is 24.3 Å². The van der Waals surface area contributed by atoms with Crippen molar-refractivity contribution in [2.24, 2.45) is 0 Å². The van der Waals surface area contributed by atoms with E-state index in [0.29, 0.717) is 24.3 Å². The number of aromatic nitrogens is 2. The highest BCUT2D eigenvalue weighted by molar-refractivity contribution is 5.54. The van der Waals surface area contributed by atoms with E-state index in [0.717, 1.165) is 24.3 Å². The van der Waals surface area contributed by atoms with E-state index < -0.39 is 0 Å². The third kappa shape index (κ3) is 3.48. The Morgan fingerprint density at radius 3 is 2.85 bits per heavy atom. The number of aryl methyl sites for hydroxylation is 1. The summed E-state index contributed by atoms with van der Waals surface area (Å²) in [5, 5.41) is 4.15. The molecule has 1 aliphatic rings. The van der Waals surface area contributed by atoms with Crippen LogP contribution in [0.25, 0.3) is 11.4 Å². The largest absolute Gasteiger partial charge is 0.497 e. The fourth-order valence-corrected chi connectivity index (χ4v) is 3.55. The van der Waals surface area contributed by atoms with Crippen molar-refractivity contribution >= 4 is 0 Å². The molecule has 0 amide bonds. The highest BCUT2D eigenvalue weighted by Crippen LogP contribution is 2.34. The van der Waals surface area contributed by atoms with Crippen molar-refractivity contribution in [1.82, 2.24) is 15.0 Å². The van der Waals surface area contributed by atoms with E-state index in [4.69, 9.17) is 9.26 Å². The molecule has 5 heteroatoms. The zero-order chi connectivity index (χ0) is 17.9. The molecule has 1 aliphatic heterocycles. The molecule has 2 heterocycles. The molecule has 2 aromatic carbocycles. The highest BCUT2D eigenvalue weighted by atomic mass is 16.5. The maximum absolute atomic E-state index is 5.51. The van der Waals surface area contributed by atoms with Gasteiger partial charge >= 0.3 is 0 Å². The topological polar surface area (TPSA) is 51.4 Å². The summed E-state index contributed by atoms with van der Waals surface area (Å²) in [5.41, 5.74) is 3.48. The molecule has 1 atom stereocenters. The Morgan fingerprint density at radius 2 is 2.04 bits per heavy atom. The molecule has 1 unspecified atom stereocenters. The van der Waals surface area contributed by atoms with Crippen LogP contribution in [0.15, 0.2) is 53.1 Å². The second-order valence-electron chi connectivity index (χ2n) is 6.78. The third-order valence-corrected chi connectivity index (χ3v) is 4.96. The lowest BCUT2D eigenvalue weighted by Gasteiger charge is -2.23. The number of nitrogens with zero attached hydrogens (tertiary/aromatic N) is 3. The van der Waals surface area contributed by atoms with Gasteiger partial charge < -0.3 is 9.26 Å². The van der Waals surface area contributed by atoms with Crippen LogP contribution in [0.5, 0.6) is 5.75 Å². The number of methoxy groups -OCH3 is 1. The second kappa shape index (κ2) is 7.30. The minimum absolute atomic E-state index is 0.361. The first-order valence-corrected chi connectivity index (χ1v) is 9.00. The normalized spacial score (nSPS) is 17.5. The Hall–Kier alpha value is -2.66. The van der Waals surface area contributed by atoms with E-state index in [2.05, 4.69) is 46.2 Å². The van der Waals surface area contributed by atoms with Crippen LogP contribution in [0.1, 0.15) is 35.9 Å². The summed E-state index contributed by atoms with van der Waals surface area (Å²) in [5.74, 6) is 2.21. The number of likely N-dealkylation sites (tertiary alicyclic amines) is 1. The van der Waals surface area contributed by atoms with Gasteiger partial charge in [0.05, 0.1) is 13.7 Å². The predicted octanol–water partition coefficient (Wildman–Crippen LogP) is 4.39. The Bertz CT molecular complexity index is 873. The molecule has 0 aliphatic carbocycles. The standard InChI is InChI=1S/C21H23N3O2/c1-15-8-10-16(11-9-15)21-22-20(26-23-21)14-24-12-4-7-19(24)17-5-3-6-18(13-17)25-2/h3,5-6,8-11,13,19H,4,7,12,14H2,1-2H3. The van der Waals surface area contributed by atoms with E-state index in [-0.39, 0.29) is 0 Å². The van der Waals surface area contributed by atoms with Crippen LogP contribution < -0.4 is 4.74 Å². The SMILES string of the molecule is COc1cccc(C2CCCN2Cc2nc(-c3ccc(C)cc3)no2)c1. The Balaban J connectivity index is 1.50. The van der Waals surface area contributed by atoms with Gasteiger partial charge in [-0.1, -0.05) is 47.1 Å². The fraction of sp³-hybridized carbons (Fsp3) is 0.333. The van der Waals surface area contributed by atoms with Crippen molar-refractivity contribution in [2.75, 3.05) is 13.7 Å². The minimum atomic E-state index is 0.361. The first-order chi connectivity index (χ1) is 12.7. The quantitative estimate of drug-likeness (QED) is 0.684. The first-order valence-electron chi connectivity index (χ1n) is 9.00. The molecule has 3 aromatic rings. The van der Waals surface area contributed by atoms with Gasteiger partial charge in [0.2, 0.25) is 11.7 Å². The molecule has 0 bridgehead atoms. The van der Waals surface area contributed by atoms with Crippen LogP contribution in [0.4, 0.5) is 0 Å². The van der Waals surface area contributed by atoms with E-state index in [9.17, 15) is 0 Å². The molecule has 5 nitrogen and oxygen atoms in total. The van der Waals surface area contributed by atoms with E-state index in [1.165, 1.54) is 17.5 Å². The van der Waals surface area contributed by atoms with Gasteiger partial charge in [-0.3, -0.25) is 4.90 Å². The number of hydrogen-bond acceptors (Lipinski definition) is 5. The van der Waals surface area contributed by atoms with Crippen molar-refractivity contribution in [3.63, 3.8) is 0 Å². The lowest BCUT2D eigenvalue weighted by molar-refractivity contribution is 0.212. The lowest BCUT2D eigenvalue weighted by Crippen LogP contribution is -2.23. The summed E-state index contributed by atoms with van der Waals surface area (Å²) < 4.78 is 10.9. The highest BCUT2D eigenvalue weighted by Gasteiger charge is 2.28. The van der Waals surface area contributed by atoms with Crippen LogP contribution in [0.2, 0.25) is 0 Å². The first kappa shape index (κ1) is 16.8. The zero-order valence-corrected chi connectivity index (χ0v) is 15.2. The fourth-order valence-electron chi connectivity index (χ4n) is 3.55. The molecule has 1 fully saturated rings. The summed E-state index contributed by atoms with van der Waals surface area (Å²) in [4.78, 5) is 7.00. The maximum Gasteiger partial charge on any atom is 0.241 e. The maximum atomic E-state index is 5.51. The number of rotatable bonds is 5. The Kier molecular flexibility index (Phi) is 4.71. The van der Waals surface area contributed by atoms with Crippen molar-refractivity contribution in [3.05, 3.63) is 65.5 Å². The number of benzene rings is 2. The average Bonchev–Trinajstić information content (AvgIpc) is 3.32. The average molecular weight is 349 g/mol. The van der Waals surface area contributed by atoms with Gasteiger partial charge in [0.15, 0.2) is 0 Å². The lowest BCUT2D eigenvalue weighted by atomic mass is 10.0. The van der Waals surface area contributed by atoms with Crippen molar-refractivity contribution in [2.45, 2.75) is 32.4 Å².